The molecule has 0 radical (unpaired) electrons. The molecule has 0 saturated carbocycles. The quantitative estimate of drug-likeness (QED) is 0.747. The number of pyridine rings is 1. The first-order valence-electron chi connectivity index (χ1n) is 8.97. The number of anilines is 2. The summed E-state index contributed by atoms with van der Waals surface area (Å²) in [5.74, 6) is 0.291. The molecule has 2 aromatic carbocycles. The van der Waals surface area contributed by atoms with Crippen molar-refractivity contribution in [2.45, 2.75) is 25.9 Å². The smallest absolute Gasteiger partial charge is 0.131 e. The fourth-order valence-electron chi connectivity index (χ4n) is 3.99. The molecule has 0 spiro atoms. The lowest BCUT2D eigenvalue weighted by Crippen LogP contribution is -2.39. The average molecular weight is 350 g/mol. The van der Waals surface area contributed by atoms with Gasteiger partial charge in [-0.1, -0.05) is 12.1 Å². The highest BCUT2D eigenvalue weighted by molar-refractivity contribution is 5.99. The van der Waals surface area contributed by atoms with Gasteiger partial charge in [0.2, 0.25) is 0 Å². The number of fused-ring (bicyclic) bond motifs is 1. The SMILES string of the molecule is CN[C@H]1CCCN1c1cc(-c2c(C)cccc2F)cc2cnc(N)cc12. The number of nitrogens with two attached hydrogens (primary N) is 1. The summed E-state index contributed by atoms with van der Waals surface area (Å²) in [5.41, 5.74) is 9.47. The van der Waals surface area contributed by atoms with Crippen molar-refractivity contribution >= 4 is 22.3 Å². The summed E-state index contributed by atoms with van der Waals surface area (Å²) < 4.78 is 14.6. The van der Waals surface area contributed by atoms with Crippen LogP contribution in [-0.2, 0) is 0 Å². The number of nitrogens with zero attached hydrogens (tertiary/aromatic N) is 2. The highest BCUT2D eigenvalue weighted by Gasteiger charge is 2.25. The first kappa shape index (κ1) is 16.8. The molecule has 1 atom stereocenters. The molecule has 1 saturated heterocycles. The maximum atomic E-state index is 14.6. The molecule has 134 valence electrons. The van der Waals surface area contributed by atoms with Crippen LogP contribution in [0.5, 0.6) is 0 Å². The molecule has 0 bridgehead atoms. The van der Waals surface area contributed by atoms with Gasteiger partial charge in [-0.05, 0) is 62.2 Å². The molecule has 1 aliphatic rings. The first-order valence-corrected chi connectivity index (χ1v) is 8.97. The largest absolute Gasteiger partial charge is 0.384 e. The Kier molecular flexibility index (Phi) is 4.24. The molecule has 26 heavy (non-hydrogen) atoms. The van der Waals surface area contributed by atoms with Gasteiger partial charge in [-0.25, -0.2) is 9.37 Å². The predicted octanol–water partition coefficient (Wildman–Crippen LogP) is 4.08. The molecule has 1 aliphatic heterocycles. The van der Waals surface area contributed by atoms with Crippen LogP contribution in [0.2, 0.25) is 0 Å². The van der Waals surface area contributed by atoms with Crippen molar-refractivity contribution in [3.63, 3.8) is 0 Å². The van der Waals surface area contributed by atoms with E-state index in [1.807, 2.05) is 32.2 Å². The van der Waals surface area contributed by atoms with Gasteiger partial charge in [0.05, 0.1) is 6.17 Å². The van der Waals surface area contributed by atoms with Gasteiger partial charge in [-0.3, -0.25) is 0 Å². The third kappa shape index (κ3) is 2.78. The van der Waals surface area contributed by atoms with Crippen LogP contribution in [0, 0.1) is 12.7 Å². The van der Waals surface area contributed by atoms with Crippen LogP contribution in [-0.4, -0.2) is 24.7 Å². The minimum Gasteiger partial charge on any atom is -0.384 e. The van der Waals surface area contributed by atoms with Crippen LogP contribution in [0.3, 0.4) is 0 Å². The molecule has 3 aromatic rings. The van der Waals surface area contributed by atoms with Crippen LogP contribution in [0.1, 0.15) is 18.4 Å². The monoisotopic (exact) mass is 350 g/mol. The Morgan fingerprint density at radius 3 is 2.88 bits per heavy atom. The average Bonchev–Trinajstić information content (AvgIpc) is 3.09. The van der Waals surface area contributed by atoms with Crippen molar-refractivity contribution in [1.29, 1.82) is 0 Å². The summed E-state index contributed by atoms with van der Waals surface area (Å²) in [6.45, 7) is 2.90. The van der Waals surface area contributed by atoms with E-state index in [-0.39, 0.29) is 12.0 Å². The molecule has 4 nitrogen and oxygen atoms in total. The molecule has 0 aliphatic carbocycles. The summed E-state index contributed by atoms with van der Waals surface area (Å²) in [6.07, 6.45) is 4.25. The number of rotatable bonds is 3. The Bertz CT molecular complexity index is 949. The molecule has 3 N–H and O–H groups in total. The fraction of sp³-hybridized carbons (Fsp3) is 0.286. The van der Waals surface area contributed by atoms with Crippen molar-refractivity contribution in [3.05, 3.63) is 54.0 Å². The first-order chi connectivity index (χ1) is 12.6. The number of nitrogens with one attached hydrogen (secondary N) is 1. The van der Waals surface area contributed by atoms with Crippen LogP contribution in [0.25, 0.3) is 21.9 Å². The van der Waals surface area contributed by atoms with Gasteiger partial charge < -0.3 is 16.0 Å². The van der Waals surface area contributed by atoms with E-state index in [0.717, 1.165) is 47.0 Å². The molecule has 4 rings (SSSR count). The molecular weight excluding hydrogens is 327 g/mol. The summed E-state index contributed by atoms with van der Waals surface area (Å²) in [6, 6.07) is 11.2. The second-order valence-electron chi connectivity index (χ2n) is 6.90. The molecule has 5 heteroatoms. The lowest BCUT2D eigenvalue weighted by molar-refractivity contribution is 0.583. The highest BCUT2D eigenvalue weighted by atomic mass is 19.1. The number of aryl methyl sites for hydroxylation is 1. The predicted molar refractivity (Wildman–Crippen MR) is 106 cm³/mol. The van der Waals surface area contributed by atoms with E-state index >= 15 is 0 Å². The maximum absolute atomic E-state index is 14.6. The Balaban J connectivity index is 1.98. The Labute approximate surface area is 152 Å². The van der Waals surface area contributed by atoms with Crippen molar-refractivity contribution < 1.29 is 4.39 Å². The number of hydrogen-bond donors (Lipinski definition) is 2. The zero-order valence-electron chi connectivity index (χ0n) is 15.1. The van der Waals surface area contributed by atoms with E-state index in [1.165, 1.54) is 6.07 Å². The number of benzene rings is 2. The third-order valence-corrected chi connectivity index (χ3v) is 5.24. The number of halogens is 1. The summed E-state index contributed by atoms with van der Waals surface area (Å²) in [7, 11) is 1.98. The number of nitrogen functional groups attached to an aromatic ring is 1. The van der Waals surface area contributed by atoms with Crippen LogP contribution in [0.15, 0.2) is 42.6 Å². The lowest BCUT2D eigenvalue weighted by atomic mass is 9.96. The van der Waals surface area contributed by atoms with E-state index in [1.54, 1.807) is 12.3 Å². The second-order valence-corrected chi connectivity index (χ2v) is 6.90. The van der Waals surface area contributed by atoms with E-state index in [2.05, 4.69) is 21.3 Å². The third-order valence-electron chi connectivity index (χ3n) is 5.24. The molecular formula is C21H23FN4. The molecule has 2 heterocycles. The van der Waals surface area contributed by atoms with Gasteiger partial charge in [0.15, 0.2) is 0 Å². The minimum atomic E-state index is -0.203. The standard InChI is InChI=1S/C21H23FN4/c1-13-5-3-6-17(22)21(13)14-9-15-12-25-19(23)11-16(15)18(10-14)26-8-4-7-20(26)24-2/h3,5-6,9-12,20,24H,4,7-8H2,1-2H3,(H2,23,25)/t20-/m1/s1. The Morgan fingerprint density at radius 2 is 2.12 bits per heavy atom. The van der Waals surface area contributed by atoms with Gasteiger partial charge in [-0.2, -0.15) is 0 Å². The zero-order chi connectivity index (χ0) is 18.3. The maximum Gasteiger partial charge on any atom is 0.131 e. The van der Waals surface area contributed by atoms with E-state index in [0.29, 0.717) is 11.4 Å². The highest BCUT2D eigenvalue weighted by Crippen LogP contribution is 2.38. The van der Waals surface area contributed by atoms with E-state index in [9.17, 15) is 4.39 Å². The minimum absolute atomic E-state index is 0.203. The van der Waals surface area contributed by atoms with E-state index in [4.69, 9.17) is 5.73 Å². The molecule has 1 aromatic heterocycles. The van der Waals surface area contributed by atoms with Crippen molar-refractivity contribution in [2.75, 3.05) is 24.2 Å². The van der Waals surface area contributed by atoms with Gasteiger partial charge >= 0.3 is 0 Å². The fourth-order valence-corrected chi connectivity index (χ4v) is 3.99. The topological polar surface area (TPSA) is 54.2 Å². The van der Waals surface area contributed by atoms with Gasteiger partial charge in [0, 0.05) is 34.8 Å². The Morgan fingerprint density at radius 1 is 1.27 bits per heavy atom. The Hall–Kier alpha value is -2.66. The van der Waals surface area contributed by atoms with E-state index < -0.39 is 0 Å². The van der Waals surface area contributed by atoms with Gasteiger partial charge in [0.25, 0.3) is 0 Å². The zero-order valence-corrected chi connectivity index (χ0v) is 15.1. The molecule has 0 unspecified atom stereocenters. The van der Waals surface area contributed by atoms with Gasteiger partial charge in [0.1, 0.15) is 11.6 Å². The number of hydrogen-bond acceptors (Lipinski definition) is 4. The number of aromatic nitrogens is 1. The van der Waals surface area contributed by atoms with Crippen LogP contribution < -0.4 is 16.0 Å². The normalized spacial score (nSPS) is 17.2. The molecule has 1 fully saturated rings. The second kappa shape index (κ2) is 6.57. The van der Waals surface area contributed by atoms with Crippen molar-refractivity contribution in [1.82, 2.24) is 10.3 Å². The van der Waals surface area contributed by atoms with Crippen molar-refractivity contribution in [2.24, 2.45) is 0 Å². The lowest BCUT2D eigenvalue weighted by Gasteiger charge is -2.28. The van der Waals surface area contributed by atoms with Crippen molar-refractivity contribution in [3.8, 4) is 11.1 Å². The summed E-state index contributed by atoms with van der Waals surface area (Å²) in [4.78, 5) is 6.59. The van der Waals surface area contributed by atoms with Crippen LogP contribution >= 0.6 is 0 Å². The molecule has 0 amide bonds. The van der Waals surface area contributed by atoms with Gasteiger partial charge in [-0.15, -0.1) is 0 Å². The van der Waals surface area contributed by atoms with Crippen LogP contribution in [0.4, 0.5) is 15.9 Å². The summed E-state index contributed by atoms with van der Waals surface area (Å²) >= 11 is 0. The summed E-state index contributed by atoms with van der Waals surface area (Å²) in [5, 5.41) is 5.40.